The molecule has 0 aliphatic heterocycles. The summed E-state index contributed by atoms with van der Waals surface area (Å²) in [6.45, 7) is 1.88. The van der Waals surface area contributed by atoms with Crippen molar-refractivity contribution in [3.8, 4) is 0 Å². The molecule has 1 atom stereocenters. The summed E-state index contributed by atoms with van der Waals surface area (Å²) in [7, 11) is 1.33. The lowest BCUT2D eigenvalue weighted by molar-refractivity contribution is -0.142. The van der Waals surface area contributed by atoms with E-state index in [1.54, 1.807) is 0 Å². The van der Waals surface area contributed by atoms with Gasteiger partial charge in [0.05, 0.1) is 7.11 Å². The zero-order valence-corrected chi connectivity index (χ0v) is 6.33. The van der Waals surface area contributed by atoms with Gasteiger partial charge in [-0.1, -0.05) is 12.2 Å². The number of hydrogen-bond donors (Lipinski definition) is 1. The number of hydrogen-bond acceptors (Lipinski definition) is 3. The van der Waals surface area contributed by atoms with Crippen LogP contribution in [-0.2, 0) is 9.53 Å². The molecule has 0 aromatic heterocycles. The van der Waals surface area contributed by atoms with Gasteiger partial charge < -0.3 is 10.5 Å². The van der Waals surface area contributed by atoms with Crippen molar-refractivity contribution in [2.24, 2.45) is 5.73 Å². The first kappa shape index (κ1) is 9.17. The molecule has 0 aromatic carbocycles. The number of rotatable bonds is 3. The first-order valence-electron chi connectivity index (χ1n) is 3.17. The molecule has 10 heavy (non-hydrogen) atoms. The zero-order chi connectivity index (χ0) is 7.98. The highest BCUT2D eigenvalue weighted by Gasteiger charge is 2.10. The molecule has 0 aliphatic carbocycles. The topological polar surface area (TPSA) is 52.3 Å². The molecule has 3 heteroatoms. The fourth-order valence-electron chi connectivity index (χ4n) is 0.530. The highest BCUT2D eigenvalue weighted by atomic mass is 16.5. The molecule has 3 nitrogen and oxygen atoms in total. The van der Waals surface area contributed by atoms with Gasteiger partial charge in [-0.25, -0.2) is 0 Å². The van der Waals surface area contributed by atoms with Gasteiger partial charge in [-0.15, -0.1) is 0 Å². The minimum absolute atomic E-state index is 0.363. The third-order valence-corrected chi connectivity index (χ3v) is 1.13. The maximum atomic E-state index is 10.6. The third kappa shape index (κ3) is 3.25. The predicted octanol–water partition coefficient (Wildman–Crippen LogP) is 0.453. The second-order valence-corrected chi connectivity index (χ2v) is 1.93. The number of ether oxygens (including phenoxy) is 1. The van der Waals surface area contributed by atoms with Crippen molar-refractivity contribution < 1.29 is 9.53 Å². The highest BCUT2D eigenvalue weighted by Crippen LogP contribution is 1.91. The van der Waals surface area contributed by atoms with Crippen molar-refractivity contribution in [1.29, 1.82) is 0 Å². The highest BCUT2D eigenvalue weighted by molar-refractivity contribution is 5.75. The molecule has 0 saturated heterocycles. The Labute approximate surface area is 60.9 Å². The minimum atomic E-state index is -0.513. The number of nitrogens with two attached hydrogens (primary N) is 1. The molecule has 0 rings (SSSR count). The lowest BCUT2D eigenvalue weighted by Gasteiger charge is -2.04. The van der Waals surface area contributed by atoms with Crippen LogP contribution in [0.15, 0.2) is 12.2 Å². The van der Waals surface area contributed by atoms with E-state index in [0.717, 1.165) is 0 Å². The average molecular weight is 143 g/mol. The van der Waals surface area contributed by atoms with Crippen LogP contribution in [0.2, 0.25) is 0 Å². The first-order chi connectivity index (χ1) is 4.72. The van der Waals surface area contributed by atoms with Gasteiger partial charge in [0.25, 0.3) is 0 Å². The quantitative estimate of drug-likeness (QED) is 0.461. The van der Waals surface area contributed by atoms with Crippen LogP contribution < -0.4 is 5.73 Å². The van der Waals surface area contributed by atoms with Crippen LogP contribution >= 0.6 is 0 Å². The fourth-order valence-corrected chi connectivity index (χ4v) is 0.530. The van der Waals surface area contributed by atoms with Crippen molar-refractivity contribution in [3.63, 3.8) is 0 Å². The monoisotopic (exact) mass is 143 g/mol. The van der Waals surface area contributed by atoms with Crippen molar-refractivity contribution in [1.82, 2.24) is 0 Å². The largest absolute Gasteiger partial charge is 0.468 e. The number of allylic oxidation sites excluding steroid dienone is 1. The van der Waals surface area contributed by atoms with E-state index in [0.29, 0.717) is 6.42 Å². The summed E-state index contributed by atoms with van der Waals surface area (Å²) in [6.07, 6.45) is 4.23. The molecule has 0 saturated carbocycles. The molecular weight excluding hydrogens is 130 g/mol. The first-order valence-corrected chi connectivity index (χ1v) is 3.17. The molecule has 0 heterocycles. The normalized spacial score (nSPS) is 13.5. The molecular formula is C7H13NO2. The maximum Gasteiger partial charge on any atom is 0.322 e. The molecule has 0 aromatic rings. The summed E-state index contributed by atoms with van der Waals surface area (Å²) in [6, 6.07) is -0.513. The van der Waals surface area contributed by atoms with E-state index in [1.165, 1.54) is 7.11 Å². The third-order valence-electron chi connectivity index (χ3n) is 1.13. The Morgan fingerprint density at radius 1 is 1.80 bits per heavy atom. The lowest BCUT2D eigenvalue weighted by Crippen LogP contribution is -2.30. The molecule has 0 spiro atoms. The van der Waals surface area contributed by atoms with Gasteiger partial charge in [-0.2, -0.15) is 0 Å². The summed E-state index contributed by atoms with van der Waals surface area (Å²) in [5.41, 5.74) is 5.39. The molecule has 0 aliphatic rings. The van der Waals surface area contributed by atoms with Crippen molar-refractivity contribution in [3.05, 3.63) is 12.2 Å². The number of methoxy groups -OCH3 is 1. The molecule has 1 unspecified atom stereocenters. The summed E-state index contributed by atoms with van der Waals surface area (Å²) >= 11 is 0. The van der Waals surface area contributed by atoms with Gasteiger partial charge in [0, 0.05) is 0 Å². The summed E-state index contributed by atoms with van der Waals surface area (Å²) < 4.78 is 4.41. The average Bonchev–Trinajstić information content (AvgIpc) is 1.98. The Balaban J connectivity index is 3.61. The zero-order valence-electron chi connectivity index (χ0n) is 6.33. The van der Waals surface area contributed by atoms with E-state index in [-0.39, 0.29) is 5.97 Å². The van der Waals surface area contributed by atoms with Crippen LogP contribution in [-0.4, -0.2) is 19.1 Å². The summed E-state index contributed by atoms with van der Waals surface area (Å²) in [5, 5.41) is 0. The van der Waals surface area contributed by atoms with Gasteiger partial charge in [0.15, 0.2) is 0 Å². The Kier molecular flexibility index (Phi) is 4.58. The van der Waals surface area contributed by atoms with Crippen molar-refractivity contribution in [2.45, 2.75) is 19.4 Å². The van der Waals surface area contributed by atoms with E-state index < -0.39 is 6.04 Å². The summed E-state index contributed by atoms with van der Waals surface area (Å²) in [5.74, 6) is -0.363. The Morgan fingerprint density at radius 3 is 2.80 bits per heavy atom. The number of esters is 1. The van der Waals surface area contributed by atoms with Gasteiger partial charge >= 0.3 is 5.97 Å². The SMILES string of the molecule is CC=CCC(N)C(=O)OC. The smallest absolute Gasteiger partial charge is 0.322 e. The fraction of sp³-hybridized carbons (Fsp3) is 0.571. The molecule has 0 bridgehead atoms. The van der Waals surface area contributed by atoms with E-state index in [1.807, 2.05) is 19.1 Å². The van der Waals surface area contributed by atoms with Gasteiger partial charge in [-0.05, 0) is 13.3 Å². The van der Waals surface area contributed by atoms with Crippen LogP contribution in [0.1, 0.15) is 13.3 Å². The van der Waals surface area contributed by atoms with Crippen molar-refractivity contribution in [2.75, 3.05) is 7.11 Å². The second kappa shape index (κ2) is 4.99. The summed E-state index contributed by atoms with van der Waals surface area (Å²) in [4.78, 5) is 10.6. The van der Waals surface area contributed by atoms with Gasteiger partial charge in [-0.3, -0.25) is 4.79 Å². The maximum absolute atomic E-state index is 10.6. The molecule has 58 valence electrons. The number of carbonyl (C=O) groups excluding carboxylic acids is 1. The van der Waals surface area contributed by atoms with E-state index >= 15 is 0 Å². The lowest BCUT2D eigenvalue weighted by atomic mass is 10.2. The van der Waals surface area contributed by atoms with E-state index in [2.05, 4.69) is 4.74 Å². The van der Waals surface area contributed by atoms with Crippen LogP contribution in [0, 0.1) is 0 Å². The molecule has 2 N–H and O–H groups in total. The molecule has 0 fully saturated rings. The van der Waals surface area contributed by atoms with Crippen LogP contribution in [0.5, 0.6) is 0 Å². The Morgan fingerprint density at radius 2 is 2.40 bits per heavy atom. The van der Waals surface area contributed by atoms with Crippen molar-refractivity contribution >= 4 is 5.97 Å². The van der Waals surface area contributed by atoms with E-state index in [4.69, 9.17) is 5.73 Å². The Bertz CT molecular complexity index is 132. The van der Waals surface area contributed by atoms with Gasteiger partial charge in [0.1, 0.15) is 6.04 Å². The molecule has 0 amide bonds. The molecule has 0 radical (unpaired) electrons. The second-order valence-electron chi connectivity index (χ2n) is 1.93. The predicted molar refractivity (Wildman–Crippen MR) is 39.4 cm³/mol. The Hall–Kier alpha value is -0.830. The van der Waals surface area contributed by atoms with Crippen LogP contribution in [0.4, 0.5) is 0 Å². The standard InChI is InChI=1S/C7H13NO2/c1-3-4-5-6(8)7(9)10-2/h3-4,6H,5,8H2,1-2H3. The number of carbonyl (C=O) groups is 1. The van der Waals surface area contributed by atoms with Crippen LogP contribution in [0.25, 0.3) is 0 Å². The minimum Gasteiger partial charge on any atom is -0.468 e. The van der Waals surface area contributed by atoms with Gasteiger partial charge in [0.2, 0.25) is 0 Å². The van der Waals surface area contributed by atoms with Crippen LogP contribution in [0.3, 0.4) is 0 Å². The van der Waals surface area contributed by atoms with E-state index in [9.17, 15) is 4.79 Å².